The van der Waals surface area contributed by atoms with Crippen LogP contribution in [-0.4, -0.2) is 0 Å². The lowest BCUT2D eigenvalue weighted by molar-refractivity contribution is 0.580. The maximum atomic E-state index is 2.44. The average molecular weight is 1110 g/mol. The summed E-state index contributed by atoms with van der Waals surface area (Å²) in [7, 11) is 0. The first-order valence-electron chi connectivity index (χ1n) is 31.9. The number of hydrogen-bond acceptors (Lipinski definition) is 2. The molecule has 2 heteroatoms. The second-order valence-electron chi connectivity index (χ2n) is 26.2. The van der Waals surface area contributed by atoms with Crippen LogP contribution in [0.5, 0.6) is 0 Å². The van der Waals surface area contributed by atoms with E-state index in [2.05, 4.69) is 292 Å². The first kappa shape index (κ1) is 59.5. The fourth-order valence-corrected chi connectivity index (χ4v) is 12.8. The van der Waals surface area contributed by atoms with Crippen molar-refractivity contribution >= 4 is 55.7 Å². The molecule has 0 aromatic heterocycles. The Hall–Kier alpha value is -7.68. The van der Waals surface area contributed by atoms with Crippen molar-refractivity contribution in [3.8, 4) is 33.4 Å². The number of unbranched alkanes of at least 4 members (excludes halogenated alkanes) is 8. The molecule has 0 aliphatic carbocycles. The summed E-state index contributed by atoms with van der Waals surface area (Å²) in [6, 6.07) is 78.6. The van der Waals surface area contributed by atoms with Crippen molar-refractivity contribution in [2.45, 2.75) is 170 Å². The molecule has 1 unspecified atom stereocenters. The molecule has 0 N–H and O–H groups in total. The van der Waals surface area contributed by atoms with Crippen LogP contribution in [0.4, 0.5) is 34.1 Å². The van der Waals surface area contributed by atoms with Gasteiger partial charge in [-0.1, -0.05) is 254 Å². The summed E-state index contributed by atoms with van der Waals surface area (Å²) >= 11 is 0. The summed E-state index contributed by atoms with van der Waals surface area (Å²) < 4.78 is 0. The zero-order valence-electron chi connectivity index (χ0n) is 52.6. The van der Waals surface area contributed by atoms with Crippen LogP contribution in [0, 0.1) is 13.8 Å². The van der Waals surface area contributed by atoms with Crippen LogP contribution < -0.4 is 9.80 Å². The highest BCUT2D eigenvalue weighted by atomic mass is 15.1. The van der Waals surface area contributed by atoms with E-state index in [1.54, 1.807) is 0 Å². The third-order valence-corrected chi connectivity index (χ3v) is 17.8. The van der Waals surface area contributed by atoms with Crippen molar-refractivity contribution in [2.24, 2.45) is 0 Å². The van der Waals surface area contributed by atoms with E-state index in [-0.39, 0.29) is 10.8 Å². The molecule has 10 aromatic rings. The molecule has 84 heavy (non-hydrogen) atoms. The van der Waals surface area contributed by atoms with Crippen molar-refractivity contribution in [1.82, 2.24) is 0 Å². The highest BCUT2D eigenvalue weighted by molar-refractivity contribution is 6.14. The van der Waals surface area contributed by atoms with Crippen molar-refractivity contribution in [3.63, 3.8) is 0 Å². The third-order valence-electron chi connectivity index (χ3n) is 17.8. The molecule has 0 saturated carbocycles. The van der Waals surface area contributed by atoms with E-state index in [9.17, 15) is 0 Å². The van der Waals surface area contributed by atoms with Gasteiger partial charge in [-0.05, 0) is 211 Å². The molecule has 2 nitrogen and oxygen atoms in total. The molecule has 10 aromatic carbocycles. The minimum atomic E-state index is 0.0248. The van der Waals surface area contributed by atoms with Crippen LogP contribution in [0.15, 0.2) is 206 Å². The van der Waals surface area contributed by atoms with E-state index in [0.29, 0.717) is 5.92 Å². The molecule has 430 valence electrons. The molecule has 10 rings (SSSR count). The molecule has 0 spiro atoms. The first-order chi connectivity index (χ1) is 40.6. The van der Waals surface area contributed by atoms with Crippen LogP contribution in [0.25, 0.3) is 54.9 Å². The normalized spacial score (nSPS) is 12.3. The van der Waals surface area contributed by atoms with Gasteiger partial charge < -0.3 is 9.80 Å². The summed E-state index contributed by atoms with van der Waals surface area (Å²) in [6.07, 6.45) is 15.4. The Morgan fingerprint density at radius 3 is 1.17 bits per heavy atom. The predicted octanol–water partition coefficient (Wildman–Crippen LogP) is 25.1. The highest BCUT2D eigenvalue weighted by Gasteiger charge is 2.23. The van der Waals surface area contributed by atoms with Gasteiger partial charge in [0.25, 0.3) is 0 Å². The number of hydrogen-bond donors (Lipinski definition) is 0. The Labute approximate surface area is 505 Å². The lowest BCUT2D eigenvalue weighted by atomic mass is 9.83. The van der Waals surface area contributed by atoms with Crippen LogP contribution in [0.1, 0.15) is 172 Å². The quantitative estimate of drug-likeness (QED) is 0.0624. The van der Waals surface area contributed by atoms with Crippen molar-refractivity contribution in [2.75, 3.05) is 9.80 Å². The van der Waals surface area contributed by atoms with Crippen molar-refractivity contribution < 1.29 is 0 Å². The summed E-state index contributed by atoms with van der Waals surface area (Å²) in [6.45, 7) is 25.4. The van der Waals surface area contributed by atoms with E-state index < -0.39 is 0 Å². The van der Waals surface area contributed by atoms with Gasteiger partial charge in [0.1, 0.15) is 0 Å². The zero-order chi connectivity index (χ0) is 59.0. The van der Waals surface area contributed by atoms with Gasteiger partial charge in [0.2, 0.25) is 0 Å². The minimum Gasteiger partial charge on any atom is -0.310 e. The molecule has 0 fully saturated rings. The molecular formula is C82H92N2. The van der Waals surface area contributed by atoms with Gasteiger partial charge in [-0.2, -0.15) is 0 Å². The van der Waals surface area contributed by atoms with E-state index in [0.717, 1.165) is 17.8 Å². The number of rotatable bonds is 22. The summed E-state index contributed by atoms with van der Waals surface area (Å²) in [5.74, 6) is 0.539. The molecule has 0 heterocycles. The van der Waals surface area contributed by atoms with Gasteiger partial charge in [0.05, 0.1) is 0 Å². The molecule has 0 bridgehead atoms. The maximum absolute atomic E-state index is 2.44. The number of nitrogens with zero attached hydrogens (tertiary/aromatic N) is 2. The number of anilines is 6. The molecule has 1 atom stereocenters. The second kappa shape index (κ2) is 26.5. The van der Waals surface area contributed by atoms with Crippen molar-refractivity contribution in [1.29, 1.82) is 0 Å². The Kier molecular flexibility index (Phi) is 18.8. The Balaban J connectivity index is 0.978. The third kappa shape index (κ3) is 13.5. The second-order valence-corrected chi connectivity index (χ2v) is 26.2. The summed E-state index contributed by atoms with van der Waals surface area (Å²) in [5, 5.41) is 5.06. The van der Waals surface area contributed by atoms with Crippen LogP contribution in [0.3, 0.4) is 0 Å². The monoisotopic (exact) mass is 1100 g/mol. The molecule has 0 aliphatic heterocycles. The van der Waals surface area contributed by atoms with Crippen LogP contribution in [-0.2, 0) is 17.3 Å². The average Bonchev–Trinajstić information content (AvgIpc) is 1.74. The van der Waals surface area contributed by atoms with Crippen LogP contribution in [0.2, 0.25) is 0 Å². The Bertz CT molecular complexity index is 3790. The molecule has 0 aliphatic rings. The molecular weight excluding hydrogens is 1010 g/mol. The molecule has 0 amide bonds. The van der Waals surface area contributed by atoms with Crippen molar-refractivity contribution in [3.05, 3.63) is 240 Å². The van der Waals surface area contributed by atoms with Crippen LogP contribution >= 0.6 is 0 Å². The number of fused-ring (bicyclic) bond motifs is 2. The van der Waals surface area contributed by atoms with E-state index >= 15 is 0 Å². The van der Waals surface area contributed by atoms with Gasteiger partial charge in [0, 0.05) is 34.1 Å². The first-order valence-corrected chi connectivity index (χ1v) is 31.9. The van der Waals surface area contributed by atoms with Gasteiger partial charge in [0.15, 0.2) is 0 Å². The standard InChI is InChI=1S/C82H92N2/c1-12-14-16-18-19-21-29-61-38-46-67(47-39-61)83(71-32-26-30-65(56-71)81(6,7)8)69-50-42-63(43-51-69)77-54-59(4)79(75-36-24-22-34-73(75)77)80-60(5)55-78(74-35-23-25-37-76(74)80)64-44-52-70(53-45-64)84(72-33-27-31-66(57-72)82(9,10)11)68-48-40-62(41-49-68)58(3)28-20-17-15-13-2/h22-27,30-58H,12-21,28-29H2,1-11H3. The van der Waals surface area contributed by atoms with E-state index in [1.165, 1.54) is 182 Å². The SMILES string of the molecule is CCCCCCCCc1ccc(N(c2ccc(-c3cc(C)c(-c4c(C)cc(-c5ccc(N(c6ccc(C(C)CCCCCC)cc6)c6cccc(C(C)(C)C)c6)cc5)c5ccccc45)c4ccccc34)cc2)c2cccc(C(C)(C)C)c2)cc1. The fraction of sp³-hybridized carbons (Fsp3) is 0.317. The smallest absolute Gasteiger partial charge is 0.0464 e. The zero-order valence-corrected chi connectivity index (χ0v) is 52.6. The molecule has 0 radical (unpaired) electrons. The van der Waals surface area contributed by atoms with E-state index in [4.69, 9.17) is 0 Å². The number of benzene rings is 10. The molecule has 0 saturated heterocycles. The minimum absolute atomic E-state index is 0.0248. The number of aryl methyl sites for hydroxylation is 3. The van der Waals surface area contributed by atoms with Gasteiger partial charge >= 0.3 is 0 Å². The predicted molar refractivity (Wildman–Crippen MR) is 368 cm³/mol. The van der Waals surface area contributed by atoms with Gasteiger partial charge in [-0.3, -0.25) is 0 Å². The lowest BCUT2D eigenvalue weighted by Crippen LogP contribution is -2.14. The van der Waals surface area contributed by atoms with Gasteiger partial charge in [-0.25, -0.2) is 0 Å². The van der Waals surface area contributed by atoms with Gasteiger partial charge in [-0.15, -0.1) is 0 Å². The lowest BCUT2D eigenvalue weighted by Gasteiger charge is -2.28. The fourth-order valence-electron chi connectivity index (χ4n) is 12.8. The maximum Gasteiger partial charge on any atom is 0.0464 e. The topological polar surface area (TPSA) is 6.48 Å². The summed E-state index contributed by atoms with van der Waals surface area (Å²) in [5.41, 5.74) is 22.6. The van der Waals surface area contributed by atoms with E-state index in [1.807, 2.05) is 0 Å². The largest absolute Gasteiger partial charge is 0.310 e. The Morgan fingerprint density at radius 2 is 0.738 bits per heavy atom. The summed E-state index contributed by atoms with van der Waals surface area (Å²) in [4.78, 5) is 4.87. The Morgan fingerprint density at radius 1 is 0.357 bits per heavy atom. The highest BCUT2D eigenvalue weighted by Crippen LogP contribution is 2.47.